The van der Waals surface area contributed by atoms with Crippen LogP contribution in [0.4, 0.5) is 34.6 Å². The molecule has 0 saturated heterocycles. The molecule has 378 valence electrons. The van der Waals surface area contributed by atoms with Crippen LogP contribution >= 0.6 is 11.6 Å². The van der Waals surface area contributed by atoms with Crippen LogP contribution in [0.15, 0.2) is 100 Å². The number of ketones is 1. The topological polar surface area (TPSA) is 467 Å². The summed E-state index contributed by atoms with van der Waals surface area (Å²) in [4.78, 5) is 24.1. The van der Waals surface area contributed by atoms with Crippen molar-refractivity contribution in [1.82, 2.24) is 15.0 Å². The predicted molar refractivity (Wildman–Crippen MR) is 232 cm³/mol. The van der Waals surface area contributed by atoms with Gasteiger partial charge in [-0.2, -0.15) is 33.6 Å². The number of sulfone groups is 1. The number of methoxy groups -OCH3 is 1. The molecule has 0 aliphatic rings. The van der Waals surface area contributed by atoms with Gasteiger partial charge in [-0.25, -0.2) is 46.3 Å². The second kappa shape index (κ2) is 29.1. The van der Waals surface area contributed by atoms with Crippen molar-refractivity contribution in [2.75, 3.05) is 36.2 Å². The number of rotatable bonds is 20. The van der Waals surface area contributed by atoms with Crippen molar-refractivity contribution < 1.29 is 240 Å². The summed E-state index contributed by atoms with van der Waals surface area (Å²) in [6, 6.07) is 5.36. The zero-order valence-corrected chi connectivity index (χ0v) is 55.7. The molecule has 0 radical (unpaired) electrons. The van der Waals surface area contributed by atoms with E-state index in [4.69, 9.17) is 20.9 Å². The first kappa shape index (κ1) is 74.0. The van der Waals surface area contributed by atoms with Gasteiger partial charge in [-0.3, -0.25) is 14.3 Å². The van der Waals surface area contributed by atoms with Gasteiger partial charge in [-0.1, -0.05) is 6.07 Å². The van der Waals surface area contributed by atoms with Crippen LogP contribution in [-0.2, 0) is 69.7 Å². The number of nitrogens with one attached hydrogen (secondary N) is 1. The minimum absolute atomic E-state index is 0. The molecule has 75 heavy (non-hydrogen) atoms. The number of ether oxygens (including phenoxy) is 1. The first-order valence-electron chi connectivity index (χ1n) is 18.4. The van der Waals surface area contributed by atoms with Gasteiger partial charge in [0.15, 0.2) is 21.7 Å². The molecule has 0 spiro atoms. The molecule has 0 aliphatic carbocycles. The summed E-state index contributed by atoms with van der Waals surface area (Å²) in [6.45, 7) is 1.39. The fraction of sp³-hybridized carbons (Fsp3) is 0.206. The Hall–Kier alpha value is -0.960. The molecule has 5 rings (SSSR count). The van der Waals surface area contributed by atoms with Gasteiger partial charge < -0.3 is 38.3 Å². The van der Waals surface area contributed by atoms with Gasteiger partial charge in [0.2, 0.25) is 17.2 Å². The van der Waals surface area contributed by atoms with E-state index in [1.54, 1.807) is 6.92 Å². The Morgan fingerprint density at radius 1 is 0.760 bits per heavy atom. The zero-order valence-electron chi connectivity index (χ0n) is 40.0. The predicted octanol–water partition coefficient (Wildman–Crippen LogP) is -14.1. The van der Waals surface area contributed by atoms with E-state index in [0.29, 0.717) is 24.3 Å². The number of hydrogen-bond donors (Lipinski definition) is 2. The number of anilines is 4. The molecule has 1 unspecified atom stereocenters. The van der Waals surface area contributed by atoms with E-state index < -0.39 is 155 Å². The Labute approximate surface area is 543 Å². The van der Waals surface area contributed by atoms with Gasteiger partial charge in [-0.15, -0.1) is 0 Å². The molecule has 4 aromatic carbocycles. The smallest absolute Gasteiger partial charge is 0.860 e. The standard InChI is InChI=1S/C34H33ClN8O21S6.5Na/c1-4-43(19-6-5-7-20(12-19)65(46,47)9-8-64-70(60,61)62)34-39-32(35)38-33(40-34)37-24-15-26(63-3)23(16-29(24)69(57,58)59)36-31(45)30(17(2)44)42-41-25-14-22-18(11-28(25)68(54,55)56)10-21(66(48,49)50)13-27(22)67(51,52)53;;;;;/h5-7,10-16,30H,4,8-9H2,1-3H3,(H,36,45)(H,48,49,50)(H,51,52,53)(H,54,55,56)(H,57,58,59)(H,60,61,62)(H,37,38,39,40);;;;;/q;5*+1/p-5. The maximum absolute atomic E-state index is 13.5. The third kappa shape index (κ3) is 19.9. The molecule has 41 heteroatoms. The number of nitrogens with zero attached hydrogens (tertiary/aromatic N) is 7. The summed E-state index contributed by atoms with van der Waals surface area (Å²) in [5.41, 5.74) is -2.39. The number of carbonyl (C=O) groups excluding carboxylic acids is 1. The molecule has 0 fully saturated rings. The monoisotopic (exact) mass is 1230 g/mol. The number of aliphatic imine (C=N–C) groups is 1. The molecule has 29 nitrogen and oxygen atoms in total. The van der Waals surface area contributed by atoms with E-state index in [1.807, 2.05) is 0 Å². The SMILES string of the molecule is CCN(c1cccc(S(=O)(=O)CCOS(=O)(=O)O)c1)c1nc(Cl)nc(Nc2cc(OC)c(N=C([O-])C(N=Nc3cc4c(S(=O)(=O)[O-])cc(S(=O)(=O)[O-])cc4cc3S(=O)(=O)[O-])C(C)=O)cc2S(=O)(=O)[O-])n1.[Na+].[Na+].[Na+].[Na+].[Na+]. The minimum atomic E-state index is -5.68. The van der Waals surface area contributed by atoms with Crippen molar-refractivity contribution in [2.24, 2.45) is 15.2 Å². The van der Waals surface area contributed by atoms with E-state index in [2.05, 4.69) is 39.7 Å². The average Bonchev–Trinajstić information content (AvgIpc) is 3.21. The molecule has 2 N–H and O–H groups in total. The van der Waals surface area contributed by atoms with Crippen LogP contribution in [0.1, 0.15) is 13.8 Å². The van der Waals surface area contributed by atoms with E-state index in [0.717, 1.165) is 26.2 Å². The average molecular weight is 1230 g/mol. The summed E-state index contributed by atoms with van der Waals surface area (Å²) in [5, 5.41) is 20.7. The van der Waals surface area contributed by atoms with Crippen LogP contribution in [0.2, 0.25) is 5.28 Å². The third-order valence-electron chi connectivity index (χ3n) is 8.95. The van der Waals surface area contributed by atoms with Crippen LogP contribution < -0.4 is 168 Å². The molecule has 1 atom stereocenters. The quantitative estimate of drug-likeness (QED) is 0.0240. The van der Waals surface area contributed by atoms with Crippen molar-refractivity contribution >= 4 is 129 Å². The fourth-order valence-corrected chi connectivity index (χ4v) is 10.2. The molecular formula is C34H28ClN8Na5O21S6. The number of halogens is 1. The summed E-state index contributed by atoms with van der Waals surface area (Å²) in [7, 11) is -30.6. The largest absolute Gasteiger partial charge is 1.00 e. The van der Waals surface area contributed by atoms with Crippen LogP contribution in [0, 0.1) is 0 Å². The number of azo groups is 1. The van der Waals surface area contributed by atoms with Crippen LogP contribution in [0.25, 0.3) is 10.8 Å². The van der Waals surface area contributed by atoms with Crippen molar-refractivity contribution in [3.8, 4) is 5.75 Å². The van der Waals surface area contributed by atoms with Gasteiger partial charge >= 0.3 is 158 Å². The summed E-state index contributed by atoms with van der Waals surface area (Å²) in [5.74, 6) is -5.02. The second-order valence-corrected chi connectivity index (χ2v) is 22.6. The molecule has 0 amide bonds. The van der Waals surface area contributed by atoms with E-state index >= 15 is 0 Å². The maximum Gasteiger partial charge on any atom is 1.00 e. The Kier molecular flexibility index (Phi) is 28.8. The number of hydrogen-bond acceptors (Lipinski definition) is 28. The first-order valence-corrected chi connectivity index (χ1v) is 27.4. The molecule has 0 saturated carbocycles. The first-order chi connectivity index (χ1) is 32.1. The van der Waals surface area contributed by atoms with Crippen LogP contribution in [0.3, 0.4) is 0 Å². The van der Waals surface area contributed by atoms with Crippen LogP contribution in [-0.4, -0.2) is 132 Å². The second-order valence-electron chi connectivity index (χ2n) is 13.6. The molecule has 5 aromatic rings. The summed E-state index contributed by atoms with van der Waals surface area (Å²) >= 11 is 6.17. The molecule has 1 aromatic heterocycles. The Morgan fingerprint density at radius 3 is 1.88 bits per heavy atom. The molecule has 0 bridgehead atoms. The number of fused-ring (bicyclic) bond motifs is 1. The van der Waals surface area contributed by atoms with E-state index in [-0.39, 0.29) is 177 Å². The normalized spacial score (nSPS) is 12.7. The van der Waals surface area contributed by atoms with Gasteiger partial charge in [0, 0.05) is 23.7 Å². The molecule has 1 heterocycles. The number of carbonyl (C=O) groups is 1. The zero-order chi connectivity index (χ0) is 52.5. The van der Waals surface area contributed by atoms with Crippen molar-refractivity contribution in [2.45, 2.75) is 44.4 Å². The molecular weight excluding hydrogens is 1200 g/mol. The Morgan fingerprint density at radius 2 is 1.36 bits per heavy atom. The summed E-state index contributed by atoms with van der Waals surface area (Å²) in [6.07, 6.45) is 0. The van der Waals surface area contributed by atoms with Gasteiger partial charge in [0.1, 0.15) is 57.6 Å². The minimum Gasteiger partial charge on any atom is -0.860 e. The number of Topliss-reactive ketones (excluding diaryl/α,β-unsaturated/α-hetero) is 1. The van der Waals surface area contributed by atoms with Gasteiger partial charge in [-0.05, 0) is 85.3 Å². The summed E-state index contributed by atoms with van der Waals surface area (Å²) < 4.78 is 211. The van der Waals surface area contributed by atoms with E-state index in [1.165, 1.54) is 23.1 Å². The van der Waals surface area contributed by atoms with Gasteiger partial charge in [0.05, 0.1) is 49.6 Å². The number of benzene rings is 4. The third-order valence-corrected chi connectivity index (χ3v) is 14.7. The fourth-order valence-electron chi connectivity index (χ4n) is 5.95. The van der Waals surface area contributed by atoms with Gasteiger partial charge in [0.25, 0.3) is 0 Å². The van der Waals surface area contributed by atoms with Crippen molar-refractivity contribution in [3.05, 3.63) is 65.9 Å². The Balaban J connectivity index is 0.0000110. The molecule has 0 aliphatic heterocycles. The van der Waals surface area contributed by atoms with Crippen molar-refractivity contribution in [3.63, 3.8) is 0 Å². The van der Waals surface area contributed by atoms with Crippen LogP contribution in [0.5, 0.6) is 5.75 Å². The van der Waals surface area contributed by atoms with E-state index in [9.17, 15) is 78.6 Å². The number of aromatic nitrogens is 3. The Bertz CT molecular complexity index is 3740. The van der Waals surface area contributed by atoms with Crippen molar-refractivity contribution in [1.29, 1.82) is 0 Å². The maximum atomic E-state index is 13.5.